The van der Waals surface area contributed by atoms with Crippen LogP contribution in [-0.2, 0) is 4.79 Å². The summed E-state index contributed by atoms with van der Waals surface area (Å²) < 4.78 is 0. The second-order valence-electron chi connectivity index (χ2n) is 5.39. The Hall–Kier alpha value is -0.610. The quantitative estimate of drug-likeness (QED) is 0.668. The fourth-order valence-corrected chi connectivity index (χ4v) is 1.97. The van der Waals surface area contributed by atoms with E-state index in [2.05, 4.69) is 5.32 Å². The van der Waals surface area contributed by atoms with Crippen LogP contribution in [0.2, 0.25) is 0 Å². The third-order valence-electron chi connectivity index (χ3n) is 3.35. The highest BCUT2D eigenvalue weighted by atomic mass is 16.3. The number of nitrogens with one attached hydrogen (secondary N) is 1. The van der Waals surface area contributed by atoms with Gasteiger partial charge in [-0.05, 0) is 12.8 Å². The number of carbonyl (C=O) groups excluding carboxylic acids is 1. The van der Waals surface area contributed by atoms with Crippen LogP contribution < -0.4 is 5.32 Å². The maximum Gasteiger partial charge on any atom is 0.249 e. The van der Waals surface area contributed by atoms with Gasteiger partial charge in [-0.25, -0.2) is 0 Å². The fraction of sp³-hybridized carbons (Fsp3) is 0.917. The number of aliphatic hydroxyl groups is 2. The Morgan fingerprint density at radius 3 is 2.44 bits per heavy atom. The van der Waals surface area contributed by atoms with Gasteiger partial charge in [0.2, 0.25) is 5.91 Å². The van der Waals surface area contributed by atoms with E-state index in [1.807, 2.05) is 0 Å². The lowest BCUT2D eigenvalue weighted by Gasteiger charge is -2.30. The van der Waals surface area contributed by atoms with E-state index in [0.29, 0.717) is 0 Å². The molecular formula is C12H23NO3. The highest BCUT2D eigenvalue weighted by Gasteiger charge is 2.33. The molecule has 0 heterocycles. The molecule has 0 spiro atoms. The maximum absolute atomic E-state index is 11.7. The molecule has 0 bridgehead atoms. The number of amides is 1. The van der Waals surface area contributed by atoms with Crippen LogP contribution in [0.4, 0.5) is 0 Å². The molecule has 0 aromatic heterocycles. The van der Waals surface area contributed by atoms with Gasteiger partial charge < -0.3 is 15.5 Å². The molecular weight excluding hydrogens is 206 g/mol. The average Bonchev–Trinajstić information content (AvgIpc) is 2.29. The van der Waals surface area contributed by atoms with Gasteiger partial charge in [0.05, 0.1) is 6.61 Å². The van der Waals surface area contributed by atoms with Crippen molar-refractivity contribution in [3.63, 3.8) is 0 Å². The minimum atomic E-state index is -1.14. The summed E-state index contributed by atoms with van der Waals surface area (Å²) in [7, 11) is 0. The lowest BCUT2D eigenvalue weighted by Crippen LogP contribution is -2.49. The third-order valence-corrected chi connectivity index (χ3v) is 3.35. The summed E-state index contributed by atoms with van der Waals surface area (Å²) in [6.07, 6.45) is 4.38. The first-order valence-corrected chi connectivity index (χ1v) is 6.06. The average molecular weight is 229 g/mol. The summed E-state index contributed by atoms with van der Waals surface area (Å²) in [5, 5.41) is 21.7. The van der Waals surface area contributed by atoms with Crippen molar-refractivity contribution in [3.05, 3.63) is 0 Å². The molecule has 0 aromatic rings. The van der Waals surface area contributed by atoms with Gasteiger partial charge in [-0.2, -0.15) is 0 Å². The van der Waals surface area contributed by atoms with E-state index in [1.165, 1.54) is 6.42 Å². The molecule has 1 atom stereocenters. The van der Waals surface area contributed by atoms with Crippen molar-refractivity contribution in [1.82, 2.24) is 5.32 Å². The summed E-state index contributed by atoms with van der Waals surface area (Å²) in [5.41, 5.74) is -0.779. The molecule has 1 amide bonds. The topological polar surface area (TPSA) is 69.6 Å². The zero-order chi connectivity index (χ0) is 12.2. The van der Waals surface area contributed by atoms with Crippen molar-refractivity contribution < 1.29 is 15.0 Å². The molecule has 1 saturated carbocycles. The predicted octanol–water partition coefficient (Wildman–Crippen LogP) is 0.815. The van der Waals surface area contributed by atoms with E-state index in [0.717, 1.165) is 25.7 Å². The first kappa shape index (κ1) is 13.5. The Bertz CT molecular complexity index is 234. The Balaban J connectivity index is 2.44. The minimum Gasteiger partial charge on any atom is -0.396 e. The first-order valence-electron chi connectivity index (χ1n) is 6.06. The van der Waals surface area contributed by atoms with Crippen molar-refractivity contribution >= 4 is 5.91 Å². The Labute approximate surface area is 97.0 Å². The number of hydrogen-bond acceptors (Lipinski definition) is 3. The highest BCUT2D eigenvalue weighted by molar-refractivity contribution is 5.81. The molecule has 1 unspecified atom stereocenters. The van der Waals surface area contributed by atoms with Crippen LogP contribution in [0.1, 0.15) is 46.0 Å². The highest BCUT2D eigenvalue weighted by Crippen LogP contribution is 2.21. The zero-order valence-corrected chi connectivity index (χ0v) is 10.2. The maximum atomic E-state index is 11.7. The lowest BCUT2D eigenvalue weighted by molar-refractivity contribution is -0.138. The fourth-order valence-electron chi connectivity index (χ4n) is 1.97. The molecule has 0 aliphatic heterocycles. The molecule has 4 heteroatoms. The van der Waals surface area contributed by atoms with Crippen LogP contribution in [0.25, 0.3) is 0 Å². The van der Waals surface area contributed by atoms with E-state index < -0.39 is 11.5 Å². The van der Waals surface area contributed by atoms with E-state index in [4.69, 9.17) is 5.11 Å². The van der Waals surface area contributed by atoms with Gasteiger partial charge in [0.25, 0.3) is 0 Å². The summed E-state index contributed by atoms with van der Waals surface area (Å²) in [5.74, 6) is -0.356. The Morgan fingerprint density at radius 1 is 1.38 bits per heavy atom. The second-order valence-corrected chi connectivity index (χ2v) is 5.39. The molecule has 94 valence electrons. The Kier molecular flexibility index (Phi) is 4.74. The van der Waals surface area contributed by atoms with Gasteiger partial charge >= 0.3 is 0 Å². The van der Waals surface area contributed by atoms with Crippen LogP contribution >= 0.6 is 0 Å². The summed E-state index contributed by atoms with van der Waals surface area (Å²) >= 11 is 0. The number of aliphatic hydroxyl groups excluding tert-OH is 2. The first-order chi connectivity index (χ1) is 7.47. The minimum absolute atomic E-state index is 0.199. The van der Waals surface area contributed by atoms with E-state index in [-0.39, 0.29) is 18.6 Å². The van der Waals surface area contributed by atoms with Crippen LogP contribution in [0, 0.1) is 5.41 Å². The van der Waals surface area contributed by atoms with Gasteiger partial charge in [0.15, 0.2) is 0 Å². The second kappa shape index (κ2) is 5.64. The molecule has 0 saturated heterocycles. The van der Waals surface area contributed by atoms with E-state index in [1.54, 1.807) is 13.8 Å². The van der Waals surface area contributed by atoms with Crippen LogP contribution in [0.3, 0.4) is 0 Å². The van der Waals surface area contributed by atoms with Crippen LogP contribution in [0.5, 0.6) is 0 Å². The Morgan fingerprint density at radius 2 is 1.94 bits per heavy atom. The monoisotopic (exact) mass is 229 g/mol. The van der Waals surface area contributed by atoms with Crippen LogP contribution in [0.15, 0.2) is 0 Å². The van der Waals surface area contributed by atoms with Crippen molar-refractivity contribution in [2.24, 2.45) is 5.41 Å². The summed E-state index contributed by atoms with van der Waals surface area (Å²) in [6, 6.07) is 0.199. The molecule has 4 nitrogen and oxygen atoms in total. The van der Waals surface area contributed by atoms with Gasteiger partial charge in [-0.1, -0.05) is 33.1 Å². The molecule has 1 aliphatic rings. The van der Waals surface area contributed by atoms with Crippen molar-refractivity contribution in [2.45, 2.75) is 58.1 Å². The standard InChI is InChI=1S/C12H23NO3/c1-12(2,8-14)10(15)11(16)13-9-6-4-3-5-7-9/h9-10,14-15H,3-8H2,1-2H3,(H,13,16). The molecule has 0 aromatic carbocycles. The molecule has 1 aliphatic carbocycles. The molecule has 1 rings (SSSR count). The number of carbonyl (C=O) groups is 1. The van der Waals surface area contributed by atoms with Gasteiger partial charge in [0, 0.05) is 11.5 Å². The van der Waals surface area contributed by atoms with E-state index in [9.17, 15) is 9.90 Å². The number of hydrogen-bond donors (Lipinski definition) is 3. The normalized spacial score (nSPS) is 20.5. The number of rotatable bonds is 4. The lowest BCUT2D eigenvalue weighted by atomic mass is 9.86. The smallest absolute Gasteiger partial charge is 0.249 e. The summed E-state index contributed by atoms with van der Waals surface area (Å²) in [6.45, 7) is 3.16. The van der Waals surface area contributed by atoms with Gasteiger partial charge in [-0.3, -0.25) is 4.79 Å². The van der Waals surface area contributed by atoms with Crippen molar-refractivity contribution in [1.29, 1.82) is 0 Å². The van der Waals surface area contributed by atoms with Crippen molar-refractivity contribution in [2.75, 3.05) is 6.61 Å². The molecule has 3 N–H and O–H groups in total. The predicted molar refractivity (Wildman–Crippen MR) is 61.9 cm³/mol. The van der Waals surface area contributed by atoms with Gasteiger partial charge in [0.1, 0.15) is 6.10 Å². The SMILES string of the molecule is CC(C)(CO)C(O)C(=O)NC1CCCCC1. The van der Waals surface area contributed by atoms with Crippen LogP contribution in [-0.4, -0.2) is 34.9 Å². The summed E-state index contributed by atoms with van der Waals surface area (Å²) in [4.78, 5) is 11.7. The largest absolute Gasteiger partial charge is 0.396 e. The molecule has 1 fully saturated rings. The van der Waals surface area contributed by atoms with E-state index >= 15 is 0 Å². The molecule has 16 heavy (non-hydrogen) atoms. The van der Waals surface area contributed by atoms with Gasteiger partial charge in [-0.15, -0.1) is 0 Å². The third kappa shape index (κ3) is 3.46. The zero-order valence-electron chi connectivity index (χ0n) is 10.2. The van der Waals surface area contributed by atoms with Crippen molar-refractivity contribution in [3.8, 4) is 0 Å². The molecule has 0 radical (unpaired) electrons.